The molecule has 1 saturated heterocycles. The fraction of sp³-hybridized carbons (Fsp3) is 0.471. The van der Waals surface area contributed by atoms with Gasteiger partial charge in [0.2, 0.25) is 0 Å². The first-order valence-electron chi connectivity index (χ1n) is 15.8. The van der Waals surface area contributed by atoms with Crippen molar-refractivity contribution in [3.05, 3.63) is 101 Å². The second-order valence-electron chi connectivity index (χ2n) is 12.6. The smallest absolute Gasteiger partial charge is 0.379 e. The number of aliphatic hydroxyl groups excluding tert-OH is 1. The number of alkyl halides is 6. The number of aliphatic hydroxyl groups is 1. The molecule has 1 atom stereocenters. The van der Waals surface area contributed by atoms with E-state index in [1.807, 2.05) is 4.90 Å². The zero-order valence-corrected chi connectivity index (χ0v) is 27.6. The highest BCUT2D eigenvalue weighted by Gasteiger charge is 2.73. The van der Waals surface area contributed by atoms with Crippen LogP contribution in [0.5, 0.6) is 0 Å². The molecule has 1 unspecified atom stereocenters. The van der Waals surface area contributed by atoms with Crippen molar-refractivity contribution >= 4 is 9.84 Å². The summed E-state index contributed by atoms with van der Waals surface area (Å²) < 4.78 is 161. The number of sulfone groups is 1. The highest BCUT2D eigenvalue weighted by Crippen LogP contribution is 2.54. The molecule has 6 nitrogen and oxygen atoms in total. The van der Waals surface area contributed by atoms with Crippen LogP contribution in [-0.4, -0.2) is 74.1 Å². The summed E-state index contributed by atoms with van der Waals surface area (Å²) in [6, 6.07) is 8.78. The van der Waals surface area contributed by atoms with Crippen LogP contribution in [0.1, 0.15) is 49.3 Å². The molecule has 5 rings (SSSR count). The van der Waals surface area contributed by atoms with E-state index in [-0.39, 0.29) is 29.3 Å². The molecule has 0 aromatic heterocycles. The van der Waals surface area contributed by atoms with Crippen molar-refractivity contribution in [2.24, 2.45) is 0 Å². The van der Waals surface area contributed by atoms with Crippen molar-refractivity contribution in [2.75, 3.05) is 26.2 Å². The van der Waals surface area contributed by atoms with E-state index >= 15 is 0 Å². The van der Waals surface area contributed by atoms with Crippen LogP contribution in [0.4, 0.5) is 39.5 Å². The molecule has 0 spiro atoms. The van der Waals surface area contributed by atoms with Gasteiger partial charge in [0.1, 0.15) is 28.4 Å². The highest BCUT2D eigenvalue weighted by molar-refractivity contribution is 7.92. The number of hydrogen-bond acceptors (Lipinski definition) is 6. The van der Waals surface area contributed by atoms with E-state index in [1.54, 1.807) is 6.92 Å². The number of ether oxygens (including phenoxy) is 1. The Hall–Kier alpha value is -3.18. The van der Waals surface area contributed by atoms with Gasteiger partial charge in [0, 0.05) is 43.3 Å². The molecule has 1 heterocycles. The Kier molecular flexibility index (Phi) is 10.7. The van der Waals surface area contributed by atoms with E-state index in [1.165, 1.54) is 0 Å². The Morgan fingerprint density at radius 3 is 1.82 bits per heavy atom. The van der Waals surface area contributed by atoms with Gasteiger partial charge in [-0.1, -0.05) is 30.3 Å². The molecule has 2 aliphatic rings. The molecule has 0 amide bonds. The summed E-state index contributed by atoms with van der Waals surface area (Å²) in [4.78, 5) is 3.76. The number of nitrogens with zero attached hydrogens (tertiary/aromatic N) is 2. The molecule has 274 valence electrons. The summed E-state index contributed by atoms with van der Waals surface area (Å²) in [7, 11) is -4.41. The van der Waals surface area contributed by atoms with Crippen molar-refractivity contribution in [3.63, 3.8) is 0 Å². The Morgan fingerprint density at radius 1 is 0.820 bits per heavy atom. The SMILES string of the molecule is CC(O)N1CCN(C2CCC(c3ccc(C(OCc4c(F)cccc4F)(C(F)(F)F)C(F)(F)F)cc3)(S(=O)(=O)c3ccc(F)cc3)CC2)CC1. The minimum atomic E-state index is -6.18. The maximum atomic E-state index is 14.5. The van der Waals surface area contributed by atoms with Crippen LogP contribution in [0.3, 0.4) is 0 Å². The Bertz CT molecular complexity index is 1700. The van der Waals surface area contributed by atoms with Crippen LogP contribution in [0.2, 0.25) is 0 Å². The van der Waals surface area contributed by atoms with Crippen molar-refractivity contribution in [3.8, 4) is 0 Å². The summed E-state index contributed by atoms with van der Waals surface area (Å²) in [5.74, 6) is -3.53. The van der Waals surface area contributed by atoms with E-state index in [4.69, 9.17) is 0 Å². The molecule has 16 heteroatoms. The van der Waals surface area contributed by atoms with Gasteiger partial charge >= 0.3 is 12.4 Å². The van der Waals surface area contributed by atoms with E-state index in [2.05, 4.69) is 9.64 Å². The Morgan fingerprint density at radius 2 is 1.34 bits per heavy atom. The van der Waals surface area contributed by atoms with Crippen molar-refractivity contribution in [2.45, 2.75) is 79.1 Å². The summed E-state index contributed by atoms with van der Waals surface area (Å²) in [5.41, 5.74) is -7.74. The third-order valence-corrected chi connectivity index (χ3v) is 12.5. The van der Waals surface area contributed by atoms with E-state index in [0.29, 0.717) is 63.3 Å². The van der Waals surface area contributed by atoms with Gasteiger partial charge in [-0.25, -0.2) is 21.6 Å². The molecule has 1 N–H and O–H groups in total. The molecule has 50 heavy (non-hydrogen) atoms. The fourth-order valence-corrected chi connectivity index (χ4v) is 9.22. The third-order valence-electron chi connectivity index (χ3n) is 9.91. The lowest BCUT2D eigenvalue weighted by molar-refractivity contribution is -0.392. The van der Waals surface area contributed by atoms with Gasteiger partial charge < -0.3 is 9.84 Å². The quantitative estimate of drug-likeness (QED) is 0.185. The van der Waals surface area contributed by atoms with E-state index in [0.717, 1.165) is 42.5 Å². The normalized spacial score (nSPS) is 22.4. The van der Waals surface area contributed by atoms with Crippen LogP contribution in [0.25, 0.3) is 0 Å². The zero-order valence-electron chi connectivity index (χ0n) is 26.7. The minimum absolute atomic E-state index is 0.0555. The zero-order chi connectivity index (χ0) is 36.7. The molecule has 2 fully saturated rings. The van der Waals surface area contributed by atoms with Crippen LogP contribution in [0, 0.1) is 17.5 Å². The van der Waals surface area contributed by atoms with Gasteiger partial charge in [-0.2, -0.15) is 26.3 Å². The van der Waals surface area contributed by atoms with Crippen LogP contribution in [-0.2, 0) is 31.5 Å². The van der Waals surface area contributed by atoms with Gasteiger partial charge in [0.25, 0.3) is 5.60 Å². The molecule has 3 aromatic rings. The van der Waals surface area contributed by atoms with Gasteiger partial charge in [0.15, 0.2) is 9.84 Å². The first kappa shape index (κ1) is 38.1. The number of piperazine rings is 1. The summed E-state index contributed by atoms with van der Waals surface area (Å²) >= 11 is 0. The molecule has 1 aliphatic carbocycles. The first-order valence-corrected chi connectivity index (χ1v) is 17.3. The average molecular weight is 739 g/mol. The second kappa shape index (κ2) is 14.1. The maximum absolute atomic E-state index is 14.5. The molecule has 0 bridgehead atoms. The van der Waals surface area contributed by atoms with Crippen LogP contribution in [0.15, 0.2) is 71.6 Å². The predicted molar refractivity (Wildman–Crippen MR) is 164 cm³/mol. The molecule has 1 aliphatic heterocycles. The molecular formula is C34H35F9N2O4S. The van der Waals surface area contributed by atoms with Gasteiger partial charge in [-0.15, -0.1) is 0 Å². The number of rotatable bonds is 9. The van der Waals surface area contributed by atoms with Gasteiger partial charge in [0.05, 0.1) is 11.5 Å². The average Bonchev–Trinajstić information content (AvgIpc) is 3.05. The highest BCUT2D eigenvalue weighted by atomic mass is 32.2. The summed E-state index contributed by atoms with van der Waals surface area (Å²) in [5, 5.41) is 9.90. The van der Waals surface area contributed by atoms with Crippen LogP contribution >= 0.6 is 0 Å². The maximum Gasteiger partial charge on any atom is 0.430 e. The summed E-state index contributed by atoms with van der Waals surface area (Å²) in [6.07, 6.45) is -12.5. The van der Waals surface area contributed by atoms with Crippen molar-refractivity contribution < 1.29 is 57.8 Å². The lowest BCUT2D eigenvalue weighted by atomic mass is 9.79. The first-order chi connectivity index (χ1) is 23.3. The Balaban J connectivity index is 1.53. The van der Waals surface area contributed by atoms with Gasteiger partial charge in [-0.3, -0.25) is 9.80 Å². The van der Waals surface area contributed by atoms with E-state index in [9.17, 15) is 53.0 Å². The lowest BCUT2D eigenvalue weighted by Gasteiger charge is -2.46. The number of hydrogen-bond donors (Lipinski definition) is 1. The number of benzene rings is 3. The predicted octanol–water partition coefficient (Wildman–Crippen LogP) is 7.21. The topological polar surface area (TPSA) is 70.1 Å². The summed E-state index contributed by atoms with van der Waals surface area (Å²) in [6.45, 7) is 2.25. The van der Waals surface area contributed by atoms with E-state index < -0.39 is 74.0 Å². The second-order valence-corrected chi connectivity index (χ2v) is 14.9. The Labute approximate surface area is 283 Å². The monoisotopic (exact) mass is 738 g/mol. The molecule has 3 aromatic carbocycles. The van der Waals surface area contributed by atoms with Crippen molar-refractivity contribution in [1.29, 1.82) is 0 Å². The number of halogens is 9. The third kappa shape index (κ3) is 6.88. The molecular weight excluding hydrogens is 703 g/mol. The lowest BCUT2D eigenvalue weighted by Crippen LogP contribution is -2.56. The molecule has 1 saturated carbocycles. The fourth-order valence-electron chi connectivity index (χ4n) is 7.06. The van der Waals surface area contributed by atoms with Gasteiger partial charge in [-0.05, 0) is 74.6 Å². The largest absolute Gasteiger partial charge is 0.430 e. The van der Waals surface area contributed by atoms with Crippen molar-refractivity contribution in [1.82, 2.24) is 9.80 Å². The molecule has 0 radical (unpaired) electrons. The standard InChI is InChI=1S/C34H35F9N2O4S/c1-22(46)44-17-19-45(20-18-44)26-13-15-31(16-14-26,50(47,48)27-11-9-25(35)10-12-27)23-5-7-24(8-6-23)32(33(38,39)40,34(41,42)43)49-21-28-29(36)3-2-4-30(28)37/h2-12,22,26,46H,13-21H2,1H3. The van der Waals surface area contributed by atoms with Crippen LogP contribution < -0.4 is 0 Å². The minimum Gasteiger partial charge on any atom is -0.379 e.